The summed E-state index contributed by atoms with van der Waals surface area (Å²) in [7, 11) is 0. The summed E-state index contributed by atoms with van der Waals surface area (Å²) in [4.78, 5) is 23.4. The van der Waals surface area contributed by atoms with Crippen LogP contribution in [0.2, 0.25) is 0 Å². The number of nitrogens with one attached hydrogen (secondary N) is 2. The molecule has 0 radical (unpaired) electrons. The van der Waals surface area contributed by atoms with E-state index in [0.717, 1.165) is 17.7 Å². The Morgan fingerprint density at radius 3 is 3.00 bits per heavy atom. The first-order valence-corrected chi connectivity index (χ1v) is 7.73. The number of carbonyl (C=O) groups is 1. The number of rotatable bonds is 6. The van der Waals surface area contributed by atoms with Crippen LogP contribution in [-0.4, -0.2) is 26.4 Å². The van der Waals surface area contributed by atoms with Crippen LogP contribution in [0.25, 0.3) is 0 Å². The Kier molecular flexibility index (Phi) is 5.21. The van der Waals surface area contributed by atoms with Gasteiger partial charge in [-0.15, -0.1) is 5.10 Å². The maximum absolute atomic E-state index is 11.9. The van der Waals surface area contributed by atoms with Crippen molar-refractivity contribution in [2.24, 2.45) is 0 Å². The Balaban J connectivity index is 1.94. The summed E-state index contributed by atoms with van der Waals surface area (Å²) >= 11 is 1.25. The summed E-state index contributed by atoms with van der Waals surface area (Å²) in [5.74, 6) is 0.0891. The normalized spacial score (nSPS) is 10.6. The smallest absolute Gasteiger partial charge is 0.325 e. The van der Waals surface area contributed by atoms with Gasteiger partial charge in [-0.2, -0.15) is 0 Å². The maximum atomic E-state index is 11.9. The molecular weight excluding hydrogens is 288 g/mol. The minimum absolute atomic E-state index is 0.121. The number of H-pyrrole nitrogens is 1. The van der Waals surface area contributed by atoms with E-state index >= 15 is 0 Å². The molecule has 0 bridgehead atoms. The number of hydrogen-bond acceptors (Lipinski definition) is 4. The molecule has 0 aliphatic heterocycles. The fraction of sp³-hybridized carbons (Fsp3) is 0.357. The quantitative estimate of drug-likeness (QED) is 0.800. The highest BCUT2D eigenvalue weighted by Crippen LogP contribution is 2.15. The average Bonchev–Trinajstić information content (AvgIpc) is 2.78. The number of carbonyl (C=O) groups excluding carboxylic acids is 1. The third kappa shape index (κ3) is 4.22. The number of aromatic nitrogens is 3. The minimum atomic E-state index is -0.238. The summed E-state index contributed by atoms with van der Waals surface area (Å²) < 4.78 is 1.55. The van der Waals surface area contributed by atoms with Gasteiger partial charge in [0.15, 0.2) is 5.16 Å². The standard InChI is InChI=1S/C14H18N4O2S/c1-3-7-18-13(20)16-17-14(18)21-9-12(19)15-11-6-4-5-10(2)8-11/h4-6,8H,3,7,9H2,1-2H3,(H,15,19)(H,16,20). The Labute approximate surface area is 127 Å². The number of anilines is 1. The van der Waals surface area contributed by atoms with Crippen molar-refractivity contribution in [2.75, 3.05) is 11.1 Å². The van der Waals surface area contributed by atoms with Gasteiger partial charge < -0.3 is 5.32 Å². The number of amides is 1. The molecule has 2 N–H and O–H groups in total. The predicted molar refractivity (Wildman–Crippen MR) is 83.7 cm³/mol. The minimum Gasteiger partial charge on any atom is -0.325 e. The fourth-order valence-electron chi connectivity index (χ4n) is 1.88. The Hall–Kier alpha value is -2.02. The molecule has 0 aliphatic carbocycles. The van der Waals surface area contributed by atoms with E-state index in [-0.39, 0.29) is 17.3 Å². The molecule has 0 atom stereocenters. The maximum Gasteiger partial charge on any atom is 0.343 e. The zero-order valence-corrected chi connectivity index (χ0v) is 12.9. The molecule has 0 spiro atoms. The van der Waals surface area contributed by atoms with Gasteiger partial charge in [0, 0.05) is 12.2 Å². The van der Waals surface area contributed by atoms with Gasteiger partial charge in [0.05, 0.1) is 5.75 Å². The second-order valence-corrected chi connectivity index (χ2v) is 5.61. The SMILES string of the molecule is CCCn1c(SCC(=O)Nc2cccc(C)c2)n[nH]c1=O. The van der Waals surface area contributed by atoms with Gasteiger partial charge >= 0.3 is 5.69 Å². The van der Waals surface area contributed by atoms with Crippen LogP contribution in [0.4, 0.5) is 5.69 Å². The molecule has 21 heavy (non-hydrogen) atoms. The first kappa shape index (κ1) is 15.4. The molecule has 7 heteroatoms. The van der Waals surface area contributed by atoms with E-state index in [1.807, 2.05) is 38.1 Å². The van der Waals surface area contributed by atoms with Crippen molar-refractivity contribution in [3.05, 3.63) is 40.3 Å². The topological polar surface area (TPSA) is 79.8 Å². The van der Waals surface area contributed by atoms with Gasteiger partial charge in [0.1, 0.15) is 0 Å². The highest BCUT2D eigenvalue weighted by atomic mass is 32.2. The van der Waals surface area contributed by atoms with Crippen molar-refractivity contribution in [3.8, 4) is 0 Å². The van der Waals surface area contributed by atoms with E-state index < -0.39 is 0 Å². The van der Waals surface area contributed by atoms with E-state index in [2.05, 4.69) is 15.5 Å². The highest BCUT2D eigenvalue weighted by Gasteiger charge is 2.10. The number of aromatic amines is 1. The molecule has 0 unspecified atom stereocenters. The average molecular weight is 306 g/mol. The first-order chi connectivity index (χ1) is 10.1. The lowest BCUT2D eigenvalue weighted by molar-refractivity contribution is -0.113. The molecule has 1 amide bonds. The van der Waals surface area contributed by atoms with Gasteiger partial charge in [-0.3, -0.25) is 9.36 Å². The molecule has 0 saturated carbocycles. The fourth-order valence-corrected chi connectivity index (χ4v) is 2.66. The summed E-state index contributed by atoms with van der Waals surface area (Å²) in [5.41, 5.74) is 1.62. The van der Waals surface area contributed by atoms with E-state index in [0.29, 0.717) is 11.7 Å². The molecular formula is C14H18N4O2S. The lowest BCUT2D eigenvalue weighted by Crippen LogP contribution is -2.18. The van der Waals surface area contributed by atoms with Gasteiger partial charge in [-0.25, -0.2) is 9.89 Å². The molecule has 6 nitrogen and oxygen atoms in total. The molecule has 2 aromatic rings. The number of aryl methyl sites for hydroxylation is 1. The second kappa shape index (κ2) is 7.12. The molecule has 1 heterocycles. The zero-order chi connectivity index (χ0) is 15.2. The summed E-state index contributed by atoms with van der Waals surface area (Å²) in [6.45, 7) is 4.55. The van der Waals surface area contributed by atoms with E-state index in [9.17, 15) is 9.59 Å². The van der Waals surface area contributed by atoms with Crippen LogP contribution in [0, 0.1) is 6.92 Å². The Bertz CT molecular complexity index is 678. The molecule has 1 aromatic heterocycles. The van der Waals surface area contributed by atoms with Gasteiger partial charge in [0.2, 0.25) is 5.91 Å². The van der Waals surface area contributed by atoms with Crippen LogP contribution in [-0.2, 0) is 11.3 Å². The van der Waals surface area contributed by atoms with Gasteiger partial charge in [-0.05, 0) is 31.0 Å². The van der Waals surface area contributed by atoms with Crippen LogP contribution in [0.15, 0.2) is 34.2 Å². The number of hydrogen-bond donors (Lipinski definition) is 2. The van der Waals surface area contributed by atoms with Crippen LogP contribution in [0.5, 0.6) is 0 Å². The molecule has 0 aliphatic rings. The van der Waals surface area contributed by atoms with Crippen molar-refractivity contribution in [1.29, 1.82) is 0 Å². The lowest BCUT2D eigenvalue weighted by atomic mass is 10.2. The van der Waals surface area contributed by atoms with Gasteiger partial charge in [0.25, 0.3) is 0 Å². The number of thioether (sulfide) groups is 1. The van der Waals surface area contributed by atoms with E-state index in [4.69, 9.17) is 0 Å². The van der Waals surface area contributed by atoms with Crippen molar-refractivity contribution in [2.45, 2.75) is 32.0 Å². The molecule has 2 rings (SSSR count). The molecule has 1 aromatic carbocycles. The molecule has 0 fully saturated rings. The highest BCUT2D eigenvalue weighted by molar-refractivity contribution is 7.99. The van der Waals surface area contributed by atoms with Crippen LogP contribution >= 0.6 is 11.8 Å². The summed E-state index contributed by atoms with van der Waals surface area (Å²) in [6, 6.07) is 7.61. The molecule has 112 valence electrons. The third-order valence-corrected chi connectivity index (χ3v) is 3.78. The van der Waals surface area contributed by atoms with Crippen LogP contribution in [0.3, 0.4) is 0 Å². The predicted octanol–water partition coefficient (Wildman–Crippen LogP) is 2.02. The Morgan fingerprint density at radius 1 is 1.48 bits per heavy atom. The number of nitrogens with zero attached hydrogens (tertiary/aromatic N) is 2. The van der Waals surface area contributed by atoms with E-state index in [1.165, 1.54) is 11.8 Å². The number of benzene rings is 1. The van der Waals surface area contributed by atoms with Crippen molar-refractivity contribution >= 4 is 23.4 Å². The van der Waals surface area contributed by atoms with Crippen LogP contribution in [0.1, 0.15) is 18.9 Å². The lowest BCUT2D eigenvalue weighted by Gasteiger charge is -2.06. The van der Waals surface area contributed by atoms with Crippen molar-refractivity contribution < 1.29 is 4.79 Å². The third-order valence-electron chi connectivity index (χ3n) is 2.80. The van der Waals surface area contributed by atoms with Crippen molar-refractivity contribution in [3.63, 3.8) is 0 Å². The molecule has 0 saturated heterocycles. The van der Waals surface area contributed by atoms with Crippen molar-refractivity contribution in [1.82, 2.24) is 14.8 Å². The van der Waals surface area contributed by atoms with Crippen LogP contribution < -0.4 is 11.0 Å². The summed E-state index contributed by atoms with van der Waals surface area (Å²) in [5, 5.41) is 9.71. The Morgan fingerprint density at radius 2 is 2.29 bits per heavy atom. The van der Waals surface area contributed by atoms with E-state index in [1.54, 1.807) is 4.57 Å². The largest absolute Gasteiger partial charge is 0.343 e. The zero-order valence-electron chi connectivity index (χ0n) is 12.0. The second-order valence-electron chi connectivity index (χ2n) is 4.67. The van der Waals surface area contributed by atoms with Gasteiger partial charge in [-0.1, -0.05) is 30.8 Å². The summed E-state index contributed by atoms with van der Waals surface area (Å²) in [6.07, 6.45) is 0.836. The first-order valence-electron chi connectivity index (χ1n) is 6.74. The monoisotopic (exact) mass is 306 g/mol.